The van der Waals surface area contributed by atoms with Crippen molar-refractivity contribution in [3.63, 3.8) is 0 Å². The number of allylic oxidation sites excluding steroid dienone is 2. The van der Waals surface area contributed by atoms with Gasteiger partial charge < -0.3 is 9.47 Å². The summed E-state index contributed by atoms with van der Waals surface area (Å²) in [6.07, 6.45) is 4.56. The van der Waals surface area contributed by atoms with Crippen LogP contribution in [0.5, 0.6) is 11.5 Å². The normalized spacial score (nSPS) is 14.3. The third kappa shape index (κ3) is 2.17. The van der Waals surface area contributed by atoms with E-state index in [1.807, 2.05) is 0 Å². The van der Waals surface area contributed by atoms with Crippen LogP contribution in [-0.4, -0.2) is 14.2 Å². The molecule has 0 saturated heterocycles. The van der Waals surface area contributed by atoms with E-state index in [9.17, 15) is 0 Å². The lowest BCUT2D eigenvalue weighted by Gasteiger charge is -2.22. The molecule has 0 heterocycles. The minimum absolute atomic E-state index is 0.548. The first kappa shape index (κ1) is 12.0. The molecule has 0 bridgehead atoms. The minimum Gasteiger partial charge on any atom is -0.493 e. The summed E-state index contributed by atoms with van der Waals surface area (Å²) in [4.78, 5) is 0. The Bertz CT molecular complexity index is 444. The van der Waals surface area contributed by atoms with Crippen LogP contribution >= 0.6 is 0 Å². The van der Waals surface area contributed by atoms with Crippen molar-refractivity contribution < 1.29 is 9.47 Å². The molecule has 1 aromatic rings. The van der Waals surface area contributed by atoms with Gasteiger partial charge in [-0.1, -0.05) is 19.9 Å². The largest absolute Gasteiger partial charge is 0.493 e. The molecule has 0 spiro atoms. The van der Waals surface area contributed by atoms with Crippen LogP contribution in [0.25, 0.3) is 5.57 Å². The lowest BCUT2D eigenvalue weighted by atomic mass is 9.85. The Morgan fingerprint density at radius 3 is 2.29 bits per heavy atom. The van der Waals surface area contributed by atoms with Crippen molar-refractivity contribution in [2.75, 3.05) is 14.2 Å². The summed E-state index contributed by atoms with van der Waals surface area (Å²) in [7, 11) is 3.37. The second kappa shape index (κ2) is 4.82. The van der Waals surface area contributed by atoms with E-state index in [1.54, 1.807) is 14.2 Å². The van der Waals surface area contributed by atoms with E-state index >= 15 is 0 Å². The van der Waals surface area contributed by atoms with Crippen molar-refractivity contribution in [1.29, 1.82) is 0 Å². The van der Waals surface area contributed by atoms with Crippen LogP contribution in [0.4, 0.5) is 0 Å². The van der Waals surface area contributed by atoms with Gasteiger partial charge in [0, 0.05) is 0 Å². The molecular weight excluding hydrogens is 212 g/mol. The Labute approximate surface area is 103 Å². The molecule has 0 aromatic heterocycles. The van der Waals surface area contributed by atoms with Gasteiger partial charge >= 0.3 is 0 Å². The van der Waals surface area contributed by atoms with E-state index < -0.39 is 0 Å². The molecule has 1 aliphatic rings. The van der Waals surface area contributed by atoms with Crippen LogP contribution in [0.1, 0.15) is 31.4 Å². The highest BCUT2D eigenvalue weighted by molar-refractivity contribution is 5.73. The molecule has 92 valence electrons. The minimum atomic E-state index is 0.548. The zero-order chi connectivity index (χ0) is 12.4. The van der Waals surface area contributed by atoms with Crippen LogP contribution in [0, 0.1) is 5.92 Å². The molecule has 2 rings (SSSR count). The first-order valence-corrected chi connectivity index (χ1v) is 6.12. The van der Waals surface area contributed by atoms with Gasteiger partial charge in [-0.15, -0.1) is 0 Å². The molecule has 0 saturated carbocycles. The molecule has 1 aromatic carbocycles. The van der Waals surface area contributed by atoms with Crippen LogP contribution in [0.15, 0.2) is 18.2 Å². The van der Waals surface area contributed by atoms with Gasteiger partial charge in [-0.2, -0.15) is 0 Å². The molecule has 0 radical (unpaired) electrons. The Balaban J connectivity index is 2.53. The summed E-state index contributed by atoms with van der Waals surface area (Å²) in [5.41, 5.74) is 4.12. The molecule has 0 N–H and O–H groups in total. The standard InChI is InChI=1S/C15H20O2/c1-10(2)12-7-5-6-11-8-14(16-3)15(17-4)9-13(11)12/h7-10H,5-6H2,1-4H3. The third-order valence-corrected chi connectivity index (χ3v) is 3.32. The lowest BCUT2D eigenvalue weighted by Crippen LogP contribution is -2.05. The summed E-state index contributed by atoms with van der Waals surface area (Å²) in [6, 6.07) is 4.22. The van der Waals surface area contributed by atoms with Gasteiger partial charge in [-0.05, 0) is 47.6 Å². The lowest BCUT2D eigenvalue weighted by molar-refractivity contribution is 0.354. The average molecular weight is 232 g/mol. The highest BCUT2D eigenvalue weighted by Gasteiger charge is 2.18. The predicted molar refractivity (Wildman–Crippen MR) is 70.7 cm³/mol. The molecule has 2 nitrogen and oxygen atoms in total. The zero-order valence-corrected chi connectivity index (χ0v) is 11.0. The Hall–Kier alpha value is -1.44. The smallest absolute Gasteiger partial charge is 0.161 e. The van der Waals surface area contributed by atoms with E-state index in [0.29, 0.717) is 5.92 Å². The SMILES string of the molecule is COc1cc2c(cc1OC)C(C(C)C)=CCC2. The van der Waals surface area contributed by atoms with Gasteiger partial charge in [0.1, 0.15) is 0 Å². The van der Waals surface area contributed by atoms with E-state index in [4.69, 9.17) is 9.47 Å². The second-order valence-corrected chi connectivity index (χ2v) is 4.72. The highest BCUT2D eigenvalue weighted by Crippen LogP contribution is 2.38. The second-order valence-electron chi connectivity index (χ2n) is 4.72. The molecule has 0 aliphatic heterocycles. The summed E-state index contributed by atoms with van der Waals surface area (Å²) in [5.74, 6) is 2.20. The first-order valence-electron chi connectivity index (χ1n) is 6.12. The van der Waals surface area contributed by atoms with Crippen molar-refractivity contribution in [2.24, 2.45) is 5.92 Å². The third-order valence-electron chi connectivity index (χ3n) is 3.32. The van der Waals surface area contributed by atoms with E-state index in [2.05, 4.69) is 32.1 Å². The number of rotatable bonds is 3. The van der Waals surface area contributed by atoms with Gasteiger partial charge in [-0.3, -0.25) is 0 Å². The monoisotopic (exact) mass is 232 g/mol. The molecule has 0 fully saturated rings. The van der Waals surface area contributed by atoms with Gasteiger partial charge in [-0.25, -0.2) is 0 Å². The fourth-order valence-electron chi connectivity index (χ4n) is 2.44. The molecule has 17 heavy (non-hydrogen) atoms. The summed E-state index contributed by atoms with van der Waals surface area (Å²) in [5, 5.41) is 0. The van der Waals surface area contributed by atoms with Crippen LogP contribution in [-0.2, 0) is 6.42 Å². The molecular formula is C15H20O2. The van der Waals surface area contributed by atoms with E-state index in [1.165, 1.54) is 16.7 Å². The average Bonchev–Trinajstić information content (AvgIpc) is 2.35. The maximum absolute atomic E-state index is 5.38. The summed E-state index contributed by atoms with van der Waals surface area (Å²) >= 11 is 0. The van der Waals surface area contributed by atoms with E-state index in [-0.39, 0.29) is 0 Å². The number of methoxy groups -OCH3 is 2. The molecule has 0 unspecified atom stereocenters. The Morgan fingerprint density at radius 2 is 1.71 bits per heavy atom. The maximum Gasteiger partial charge on any atom is 0.161 e. The van der Waals surface area contributed by atoms with Crippen molar-refractivity contribution in [3.05, 3.63) is 29.3 Å². The van der Waals surface area contributed by atoms with E-state index in [0.717, 1.165) is 24.3 Å². The fraction of sp³-hybridized carbons (Fsp3) is 0.467. The Morgan fingerprint density at radius 1 is 1.06 bits per heavy atom. The summed E-state index contributed by atoms with van der Waals surface area (Å²) in [6.45, 7) is 4.47. The highest BCUT2D eigenvalue weighted by atomic mass is 16.5. The maximum atomic E-state index is 5.38. The zero-order valence-electron chi connectivity index (χ0n) is 11.0. The summed E-state index contributed by atoms with van der Waals surface area (Å²) < 4.78 is 10.7. The van der Waals surface area contributed by atoms with Gasteiger partial charge in [0.25, 0.3) is 0 Å². The first-order chi connectivity index (χ1) is 8.17. The van der Waals surface area contributed by atoms with Crippen LogP contribution < -0.4 is 9.47 Å². The number of hydrogen-bond acceptors (Lipinski definition) is 2. The number of hydrogen-bond donors (Lipinski definition) is 0. The van der Waals surface area contributed by atoms with Crippen LogP contribution in [0.3, 0.4) is 0 Å². The van der Waals surface area contributed by atoms with Crippen molar-refractivity contribution >= 4 is 5.57 Å². The van der Waals surface area contributed by atoms with Crippen molar-refractivity contribution in [3.8, 4) is 11.5 Å². The fourth-order valence-corrected chi connectivity index (χ4v) is 2.44. The molecule has 0 atom stereocenters. The van der Waals surface area contributed by atoms with Gasteiger partial charge in [0.15, 0.2) is 11.5 Å². The molecule has 0 amide bonds. The molecule has 1 aliphatic carbocycles. The molecule has 2 heteroatoms. The number of benzene rings is 1. The number of fused-ring (bicyclic) bond motifs is 1. The van der Waals surface area contributed by atoms with Gasteiger partial charge in [0.05, 0.1) is 14.2 Å². The number of ether oxygens (including phenoxy) is 2. The topological polar surface area (TPSA) is 18.5 Å². The predicted octanol–water partition coefficient (Wildman–Crippen LogP) is 3.69. The quantitative estimate of drug-likeness (QED) is 0.791. The van der Waals surface area contributed by atoms with Crippen molar-refractivity contribution in [2.45, 2.75) is 26.7 Å². The van der Waals surface area contributed by atoms with Crippen LogP contribution in [0.2, 0.25) is 0 Å². The van der Waals surface area contributed by atoms with Crippen molar-refractivity contribution in [1.82, 2.24) is 0 Å². The Kier molecular flexibility index (Phi) is 3.41. The van der Waals surface area contributed by atoms with Gasteiger partial charge in [0.2, 0.25) is 0 Å². The number of aryl methyl sites for hydroxylation is 1.